The fraction of sp³-hybridized carbons (Fsp3) is 0.174. The van der Waals surface area contributed by atoms with Gasteiger partial charge in [0.05, 0.1) is 13.2 Å². The van der Waals surface area contributed by atoms with Gasteiger partial charge in [0, 0.05) is 5.56 Å². The highest BCUT2D eigenvalue weighted by atomic mass is 16.5. The maximum Gasteiger partial charge on any atom is 0.251 e. The van der Waals surface area contributed by atoms with Crippen molar-refractivity contribution in [2.45, 2.75) is 19.6 Å². The lowest BCUT2D eigenvalue weighted by Gasteiger charge is -2.15. The second-order valence-corrected chi connectivity index (χ2v) is 6.27. The van der Waals surface area contributed by atoms with Crippen molar-refractivity contribution in [3.63, 3.8) is 0 Å². The molecule has 3 aromatic carbocycles. The van der Waals surface area contributed by atoms with E-state index in [1.807, 2.05) is 73.7 Å². The summed E-state index contributed by atoms with van der Waals surface area (Å²) in [6.45, 7) is 2.42. The molecule has 1 N–H and O–H groups in total. The summed E-state index contributed by atoms with van der Waals surface area (Å²) < 4.78 is 11.0. The molecule has 4 heteroatoms. The molecule has 0 saturated heterocycles. The second-order valence-electron chi connectivity index (χ2n) is 6.27. The number of methoxy groups -OCH3 is 1. The Labute approximate surface area is 159 Å². The SMILES string of the molecule is COc1ccc([C@H](C)NC(=O)c2cccc(OCc3ccccc3)c2)cc1. The van der Waals surface area contributed by atoms with E-state index in [-0.39, 0.29) is 11.9 Å². The van der Waals surface area contributed by atoms with Gasteiger partial charge >= 0.3 is 0 Å². The Morgan fingerprint density at radius 1 is 0.926 bits per heavy atom. The third kappa shape index (κ3) is 5.11. The van der Waals surface area contributed by atoms with E-state index in [1.165, 1.54) is 0 Å². The van der Waals surface area contributed by atoms with Gasteiger partial charge in [-0.15, -0.1) is 0 Å². The maximum atomic E-state index is 12.6. The summed E-state index contributed by atoms with van der Waals surface area (Å²) in [5.41, 5.74) is 2.67. The number of hydrogen-bond donors (Lipinski definition) is 1. The summed E-state index contributed by atoms with van der Waals surface area (Å²) in [5.74, 6) is 1.33. The molecule has 0 unspecified atom stereocenters. The van der Waals surface area contributed by atoms with Crippen LogP contribution in [-0.2, 0) is 6.61 Å². The molecule has 4 nitrogen and oxygen atoms in total. The van der Waals surface area contributed by atoms with Crippen molar-refractivity contribution in [2.75, 3.05) is 7.11 Å². The highest BCUT2D eigenvalue weighted by Gasteiger charge is 2.12. The molecule has 0 bridgehead atoms. The van der Waals surface area contributed by atoms with Crippen molar-refractivity contribution in [1.82, 2.24) is 5.32 Å². The van der Waals surface area contributed by atoms with Crippen molar-refractivity contribution in [2.24, 2.45) is 0 Å². The largest absolute Gasteiger partial charge is 0.497 e. The van der Waals surface area contributed by atoms with Gasteiger partial charge < -0.3 is 14.8 Å². The van der Waals surface area contributed by atoms with Gasteiger partial charge in [0.25, 0.3) is 5.91 Å². The molecule has 1 atom stereocenters. The lowest BCUT2D eigenvalue weighted by atomic mass is 10.1. The lowest BCUT2D eigenvalue weighted by Crippen LogP contribution is -2.26. The van der Waals surface area contributed by atoms with Crippen molar-refractivity contribution in [3.8, 4) is 11.5 Å². The highest BCUT2D eigenvalue weighted by molar-refractivity contribution is 5.94. The van der Waals surface area contributed by atoms with Crippen molar-refractivity contribution >= 4 is 5.91 Å². The molecule has 0 radical (unpaired) electrons. The zero-order valence-corrected chi connectivity index (χ0v) is 15.5. The fourth-order valence-corrected chi connectivity index (χ4v) is 2.72. The molecule has 0 aliphatic carbocycles. The van der Waals surface area contributed by atoms with Gasteiger partial charge in [-0.05, 0) is 48.4 Å². The number of rotatable bonds is 7. The van der Waals surface area contributed by atoms with E-state index in [0.717, 1.165) is 16.9 Å². The molecule has 27 heavy (non-hydrogen) atoms. The van der Waals surface area contributed by atoms with Crippen LogP contribution in [0.2, 0.25) is 0 Å². The van der Waals surface area contributed by atoms with Crippen LogP contribution in [0.3, 0.4) is 0 Å². The van der Waals surface area contributed by atoms with Crippen molar-refractivity contribution in [3.05, 3.63) is 95.6 Å². The van der Waals surface area contributed by atoms with Crippen LogP contribution in [0.4, 0.5) is 0 Å². The molecule has 3 rings (SSSR count). The molecule has 138 valence electrons. The Balaban J connectivity index is 1.62. The van der Waals surface area contributed by atoms with Crippen LogP contribution in [0.5, 0.6) is 11.5 Å². The third-order valence-electron chi connectivity index (χ3n) is 4.31. The molecule has 0 aliphatic heterocycles. The molecular formula is C23H23NO3. The average Bonchev–Trinajstić information content (AvgIpc) is 2.73. The molecule has 1 amide bonds. The van der Waals surface area contributed by atoms with Crippen molar-refractivity contribution in [1.29, 1.82) is 0 Å². The monoisotopic (exact) mass is 361 g/mol. The summed E-state index contributed by atoms with van der Waals surface area (Å²) >= 11 is 0. The molecule has 0 fully saturated rings. The van der Waals surface area contributed by atoms with Gasteiger partial charge in [0.2, 0.25) is 0 Å². The minimum Gasteiger partial charge on any atom is -0.497 e. The predicted molar refractivity (Wildman–Crippen MR) is 106 cm³/mol. The first-order valence-electron chi connectivity index (χ1n) is 8.87. The number of amides is 1. The number of carbonyl (C=O) groups excluding carboxylic acids is 1. The first-order chi connectivity index (χ1) is 13.2. The van der Waals surface area contributed by atoms with Crippen LogP contribution in [-0.4, -0.2) is 13.0 Å². The Hall–Kier alpha value is -3.27. The predicted octanol–water partition coefficient (Wildman–Crippen LogP) is 4.77. The minimum absolute atomic E-state index is 0.114. The number of hydrogen-bond acceptors (Lipinski definition) is 3. The van der Waals surface area contributed by atoms with Crippen LogP contribution < -0.4 is 14.8 Å². The van der Waals surface area contributed by atoms with E-state index in [1.54, 1.807) is 19.2 Å². The second kappa shape index (κ2) is 8.90. The average molecular weight is 361 g/mol. The molecule has 0 spiro atoms. The Morgan fingerprint density at radius 2 is 1.67 bits per heavy atom. The van der Waals surface area contributed by atoms with Crippen LogP contribution in [0.1, 0.15) is 34.5 Å². The van der Waals surface area contributed by atoms with E-state index in [0.29, 0.717) is 17.9 Å². The number of nitrogens with one attached hydrogen (secondary N) is 1. The van der Waals surface area contributed by atoms with Gasteiger partial charge in [-0.2, -0.15) is 0 Å². The molecule has 0 saturated carbocycles. The summed E-state index contributed by atoms with van der Waals surface area (Å²) in [5, 5.41) is 3.02. The normalized spacial score (nSPS) is 11.5. The van der Waals surface area contributed by atoms with Crippen LogP contribution in [0.25, 0.3) is 0 Å². The van der Waals surface area contributed by atoms with Gasteiger partial charge in [0.1, 0.15) is 18.1 Å². The van der Waals surface area contributed by atoms with Crippen molar-refractivity contribution < 1.29 is 14.3 Å². The van der Waals surface area contributed by atoms with Gasteiger partial charge in [-0.3, -0.25) is 4.79 Å². The summed E-state index contributed by atoms with van der Waals surface area (Å²) in [7, 11) is 1.63. The Bertz CT molecular complexity index is 876. The number of carbonyl (C=O) groups is 1. The van der Waals surface area contributed by atoms with E-state index >= 15 is 0 Å². The van der Waals surface area contributed by atoms with Crippen LogP contribution >= 0.6 is 0 Å². The topological polar surface area (TPSA) is 47.6 Å². The van der Waals surface area contributed by atoms with E-state index < -0.39 is 0 Å². The lowest BCUT2D eigenvalue weighted by molar-refractivity contribution is 0.0939. The molecule has 3 aromatic rings. The van der Waals surface area contributed by atoms with E-state index in [9.17, 15) is 4.79 Å². The first kappa shape index (κ1) is 18.5. The summed E-state index contributed by atoms with van der Waals surface area (Å²) in [6.07, 6.45) is 0. The molecule has 0 aromatic heterocycles. The Morgan fingerprint density at radius 3 is 2.37 bits per heavy atom. The van der Waals surface area contributed by atoms with Gasteiger partial charge in [0.15, 0.2) is 0 Å². The first-order valence-corrected chi connectivity index (χ1v) is 8.87. The van der Waals surface area contributed by atoms with Crippen LogP contribution in [0.15, 0.2) is 78.9 Å². The maximum absolute atomic E-state index is 12.6. The fourth-order valence-electron chi connectivity index (χ4n) is 2.72. The molecular weight excluding hydrogens is 338 g/mol. The minimum atomic E-state index is -0.136. The standard InChI is InChI=1S/C23H23NO3/c1-17(19-11-13-21(26-2)14-12-19)24-23(25)20-9-6-10-22(15-20)27-16-18-7-4-3-5-8-18/h3-15,17H,16H2,1-2H3,(H,24,25)/t17-/m0/s1. The van der Waals surface area contributed by atoms with Gasteiger partial charge in [-0.1, -0.05) is 48.5 Å². The van der Waals surface area contributed by atoms with E-state index in [4.69, 9.17) is 9.47 Å². The number of ether oxygens (including phenoxy) is 2. The van der Waals surface area contributed by atoms with Gasteiger partial charge in [-0.25, -0.2) is 0 Å². The van der Waals surface area contributed by atoms with Crippen LogP contribution in [0, 0.1) is 0 Å². The third-order valence-corrected chi connectivity index (χ3v) is 4.31. The summed E-state index contributed by atoms with van der Waals surface area (Å²) in [4.78, 5) is 12.6. The molecule has 0 aliphatic rings. The number of benzene rings is 3. The zero-order chi connectivity index (χ0) is 19.1. The quantitative estimate of drug-likeness (QED) is 0.660. The smallest absolute Gasteiger partial charge is 0.251 e. The molecule has 0 heterocycles. The van der Waals surface area contributed by atoms with E-state index in [2.05, 4.69) is 5.32 Å². The highest BCUT2D eigenvalue weighted by Crippen LogP contribution is 2.19. The zero-order valence-electron chi connectivity index (χ0n) is 15.5. The summed E-state index contributed by atoms with van der Waals surface area (Å²) in [6, 6.07) is 24.7. The Kier molecular flexibility index (Phi) is 6.10.